The molecule has 6 nitrogen and oxygen atoms in total. The maximum Gasteiger partial charge on any atom is 0.416 e. The molecule has 1 amide bonds. The Morgan fingerprint density at radius 3 is 2.64 bits per heavy atom. The van der Waals surface area contributed by atoms with E-state index < -0.39 is 23.7 Å². The highest BCUT2D eigenvalue weighted by atomic mass is 79.9. The highest BCUT2D eigenvalue weighted by Crippen LogP contribution is 2.32. The monoisotopic (exact) mass is 513 g/mol. The number of thiazole rings is 1. The van der Waals surface area contributed by atoms with Crippen LogP contribution in [0.25, 0.3) is 5.13 Å². The zero-order valence-corrected chi connectivity index (χ0v) is 18.1. The van der Waals surface area contributed by atoms with Crippen molar-refractivity contribution in [2.24, 2.45) is 0 Å². The molecule has 0 saturated carbocycles. The van der Waals surface area contributed by atoms with E-state index >= 15 is 0 Å². The van der Waals surface area contributed by atoms with Gasteiger partial charge >= 0.3 is 6.18 Å². The molecule has 1 N–H and O–H groups in total. The van der Waals surface area contributed by atoms with E-state index in [0.717, 1.165) is 15.9 Å². The van der Waals surface area contributed by atoms with Crippen LogP contribution >= 0.6 is 52.4 Å². The van der Waals surface area contributed by atoms with Gasteiger partial charge in [-0.25, -0.2) is 9.97 Å². The van der Waals surface area contributed by atoms with Gasteiger partial charge in [0.2, 0.25) is 5.13 Å². The topological polar surface area (TPSA) is 72.7 Å². The number of hydrogen-bond donors (Lipinski definition) is 1. The van der Waals surface area contributed by atoms with Gasteiger partial charge in [0.25, 0.3) is 5.91 Å². The van der Waals surface area contributed by atoms with Crippen LogP contribution in [-0.4, -0.2) is 25.7 Å². The average Bonchev–Trinajstić information content (AvgIpc) is 3.21. The summed E-state index contributed by atoms with van der Waals surface area (Å²) < 4.78 is 41.0. The van der Waals surface area contributed by atoms with E-state index in [1.165, 1.54) is 28.4 Å². The van der Waals surface area contributed by atoms with Crippen molar-refractivity contribution in [3.8, 4) is 5.13 Å². The van der Waals surface area contributed by atoms with Crippen LogP contribution in [0.2, 0.25) is 5.02 Å². The fourth-order valence-corrected chi connectivity index (χ4v) is 3.65. The second-order valence-corrected chi connectivity index (χ2v) is 8.22. The van der Waals surface area contributed by atoms with E-state index in [0.29, 0.717) is 11.0 Å². The van der Waals surface area contributed by atoms with Gasteiger partial charge in [0.15, 0.2) is 5.82 Å². The summed E-state index contributed by atoms with van der Waals surface area (Å²) >= 11 is 10.3. The van der Waals surface area contributed by atoms with Crippen LogP contribution in [0.5, 0.6) is 0 Å². The molecule has 2 aromatic heterocycles. The van der Waals surface area contributed by atoms with Gasteiger partial charge in [-0.15, -0.1) is 0 Å². The van der Waals surface area contributed by atoms with Crippen LogP contribution in [0, 0.1) is 0 Å². The maximum atomic E-state index is 12.9. The molecule has 1 atom stereocenters. The van der Waals surface area contributed by atoms with Gasteiger partial charge in [0, 0.05) is 10.6 Å². The molecule has 2 heterocycles. The number of carbonyl (C=O) groups is 1. The van der Waals surface area contributed by atoms with Crippen LogP contribution in [0.15, 0.2) is 34.5 Å². The number of amides is 1. The zero-order valence-electron chi connectivity index (χ0n) is 14.0. The molecule has 0 bridgehead atoms. The fourth-order valence-electron chi connectivity index (χ4n) is 2.27. The first kappa shape index (κ1) is 22.7. The first-order chi connectivity index (χ1) is 12.6. The molecule has 0 unspecified atom stereocenters. The van der Waals surface area contributed by atoms with Gasteiger partial charge in [0.1, 0.15) is 6.33 Å². The summed E-state index contributed by atoms with van der Waals surface area (Å²) in [6.07, 6.45) is -1.71. The molecule has 3 rings (SSSR count). The molecule has 0 aliphatic heterocycles. The predicted octanol–water partition coefficient (Wildman–Crippen LogP) is 4.76. The maximum absolute atomic E-state index is 12.9. The Balaban J connectivity index is 0.00000280. The van der Waals surface area contributed by atoms with E-state index in [-0.39, 0.29) is 24.1 Å². The molecule has 0 radical (unpaired) electrons. The van der Waals surface area contributed by atoms with Gasteiger partial charge in [-0.2, -0.15) is 36.4 Å². The quantitative estimate of drug-likeness (QED) is 0.545. The summed E-state index contributed by atoms with van der Waals surface area (Å²) in [5.74, 6) is -0.339. The van der Waals surface area contributed by atoms with Crippen LogP contribution in [0.4, 0.5) is 13.2 Å². The minimum absolute atomic E-state index is 0. The Kier molecular flexibility index (Phi) is 7.12. The normalized spacial score (nSPS) is 12.4. The van der Waals surface area contributed by atoms with Gasteiger partial charge in [0.05, 0.1) is 21.6 Å². The Labute approximate surface area is 181 Å². The SMILES string of the molecule is C[C@H](NC(=O)c1cc(Cl)cc(C(F)(F)F)c1)c1ncnn1-c1ncc(Br)s1.S. The molecule has 0 spiro atoms. The molecule has 0 aliphatic rings. The Hall–Kier alpha value is -1.63. The third-order valence-corrected chi connectivity index (χ3v) is 5.11. The number of alkyl halides is 3. The number of carbonyl (C=O) groups excluding carboxylic acids is 1. The van der Waals surface area contributed by atoms with Crippen LogP contribution in [0.1, 0.15) is 34.7 Å². The molecule has 3 aromatic rings. The summed E-state index contributed by atoms with van der Waals surface area (Å²) in [6.45, 7) is 1.64. The summed E-state index contributed by atoms with van der Waals surface area (Å²) in [7, 11) is 0. The van der Waals surface area contributed by atoms with Crippen molar-refractivity contribution >= 4 is 58.3 Å². The van der Waals surface area contributed by atoms with Gasteiger partial charge in [-0.1, -0.05) is 22.9 Å². The number of nitrogens with zero attached hydrogens (tertiary/aromatic N) is 4. The van der Waals surface area contributed by atoms with Gasteiger partial charge < -0.3 is 5.32 Å². The first-order valence-corrected chi connectivity index (χ1v) is 9.34. The summed E-state index contributed by atoms with van der Waals surface area (Å²) in [4.78, 5) is 20.7. The molecule has 150 valence electrons. The third-order valence-electron chi connectivity index (χ3n) is 3.44. The molecule has 0 saturated heterocycles. The van der Waals surface area contributed by atoms with Crippen molar-refractivity contribution in [1.29, 1.82) is 0 Å². The van der Waals surface area contributed by atoms with Crippen molar-refractivity contribution < 1.29 is 18.0 Å². The Bertz CT molecular complexity index is 994. The van der Waals surface area contributed by atoms with Crippen molar-refractivity contribution in [2.45, 2.75) is 19.1 Å². The lowest BCUT2D eigenvalue weighted by Gasteiger charge is -2.15. The predicted molar refractivity (Wildman–Crippen MR) is 107 cm³/mol. The van der Waals surface area contributed by atoms with Crippen molar-refractivity contribution in [1.82, 2.24) is 25.1 Å². The smallest absolute Gasteiger partial charge is 0.342 e. The summed E-state index contributed by atoms with van der Waals surface area (Å²) in [5.41, 5.74) is -1.20. The Morgan fingerprint density at radius 1 is 1.32 bits per heavy atom. The van der Waals surface area contributed by atoms with Crippen molar-refractivity contribution in [3.63, 3.8) is 0 Å². The Morgan fingerprint density at radius 2 is 2.04 bits per heavy atom. The van der Waals surface area contributed by atoms with Crippen LogP contribution in [-0.2, 0) is 6.18 Å². The van der Waals surface area contributed by atoms with Crippen LogP contribution < -0.4 is 5.32 Å². The second-order valence-electron chi connectivity index (χ2n) is 5.40. The average molecular weight is 515 g/mol. The molecule has 28 heavy (non-hydrogen) atoms. The minimum Gasteiger partial charge on any atom is -0.342 e. The summed E-state index contributed by atoms with van der Waals surface area (Å²) in [5, 5.41) is 7.01. The molecule has 1 aromatic carbocycles. The number of hydrogen-bond acceptors (Lipinski definition) is 5. The number of halogens is 5. The van der Waals surface area contributed by atoms with E-state index in [9.17, 15) is 18.0 Å². The first-order valence-electron chi connectivity index (χ1n) is 7.35. The minimum atomic E-state index is -4.61. The summed E-state index contributed by atoms with van der Waals surface area (Å²) in [6, 6.07) is 2.03. The zero-order chi connectivity index (χ0) is 19.8. The number of aromatic nitrogens is 4. The lowest BCUT2D eigenvalue weighted by molar-refractivity contribution is -0.137. The second kappa shape index (κ2) is 8.80. The van der Waals surface area contributed by atoms with E-state index in [1.54, 1.807) is 13.1 Å². The molecule has 13 heteroatoms. The highest BCUT2D eigenvalue weighted by molar-refractivity contribution is 9.11. The number of nitrogens with one attached hydrogen (secondary N) is 1. The van der Waals surface area contributed by atoms with Gasteiger partial charge in [-0.05, 0) is 41.1 Å². The fraction of sp³-hybridized carbons (Fsp3) is 0.200. The van der Waals surface area contributed by atoms with Gasteiger partial charge in [-0.3, -0.25) is 4.79 Å². The van der Waals surface area contributed by atoms with E-state index in [4.69, 9.17) is 11.6 Å². The largest absolute Gasteiger partial charge is 0.416 e. The highest BCUT2D eigenvalue weighted by Gasteiger charge is 2.32. The number of benzene rings is 1. The van der Waals surface area contributed by atoms with E-state index in [2.05, 4.69) is 36.3 Å². The van der Waals surface area contributed by atoms with Crippen molar-refractivity contribution in [3.05, 3.63) is 56.5 Å². The lowest BCUT2D eigenvalue weighted by atomic mass is 10.1. The van der Waals surface area contributed by atoms with Crippen molar-refractivity contribution in [2.75, 3.05) is 0 Å². The standard InChI is InChI=1S/C15H10BrClF3N5OS.H2S/c1-7(12-22-6-23-25(12)14-21-5-11(16)27-14)24-13(26)8-2-9(15(18,19)20)4-10(17)3-8;/h2-7H,1H3,(H,24,26);1H2/t7-;/m0./s1. The molecule has 0 fully saturated rings. The molecule has 0 aliphatic carbocycles. The van der Waals surface area contributed by atoms with E-state index in [1.807, 2.05) is 0 Å². The lowest BCUT2D eigenvalue weighted by Crippen LogP contribution is -2.29. The number of rotatable bonds is 4. The third kappa shape index (κ3) is 5.04. The molecular weight excluding hydrogens is 503 g/mol. The molecular formula is C15H12BrClF3N5OS2. The van der Waals surface area contributed by atoms with Crippen LogP contribution in [0.3, 0.4) is 0 Å².